The molecule has 2 aromatic rings. The largest absolute Gasteiger partial charge is 0.416 e. The number of sulfone groups is 1. The minimum absolute atomic E-state index is 0.153. The first-order valence-electron chi connectivity index (χ1n) is 4.58. The molecule has 0 aliphatic heterocycles. The number of hydrogen-bond acceptors (Lipinski definition) is 2. The zero-order chi connectivity index (χ0) is 12.8. The Balaban J connectivity index is 2.86. The Kier molecular flexibility index (Phi) is 2.46. The lowest BCUT2D eigenvalue weighted by Crippen LogP contribution is -2.07. The van der Waals surface area contributed by atoms with Gasteiger partial charge in [0.2, 0.25) is 0 Å². The number of hydrogen-bond donors (Lipinski definition) is 1. The minimum atomic E-state index is -4.57. The molecule has 0 fully saturated rings. The molecule has 0 atom stereocenters. The van der Waals surface area contributed by atoms with Gasteiger partial charge in [-0.1, -0.05) is 0 Å². The minimum Gasteiger partial charge on any atom is -0.361 e. The number of H-pyrrole nitrogens is 1. The first-order chi connectivity index (χ1) is 7.69. The molecular weight excluding hydrogens is 255 g/mol. The molecule has 17 heavy (non-hydrogen) atoms. The van der Waals surface area contributed by atoms with Crippen molar-refractivity contribution in [3.63, 3.8) is 0 Å². The topological polar surface area (TPSA) is 49.9 Å². The monoisotopic (exact) mass is 263 g/mol. The van der Waals surface area contributed by atoms with Gasteiger partial charge in [-0.25, -0.2) is 8.42 Å². The summed E-state index contributed by atoms with van der Waals surface area (Å²) in [4.78, 5) is 2.26. The quantitative estimate of drug-likeness (QED) is 0.859. The summed E-state index contributed by atoms with van der Waals surface area (Å²) in [6.45, 7) is 0. The molecular formula is C10H8F3NO2S. The molecule has 0 aliphatic rings. The summed E-state index contributed by atoms with van der Waals surface area (Å²) in [5.41, 5.74) is -0.826. The highest BCUT2D eigenvalue weighted by molar-refractivity contribution is 7.91. The maximum Gasteiger partial charge on any atom is 0.416 e. The molecule has 1 N–H and O–H groups in total. The molecule has 0 spiro atoms. The van der Waals surface area contributed by atoms with E-state index in [1.165, 1.54) is 12.3 Å². The van der Waals surface area contributed by atoms with Crippen LogP contribution in [0.1, 0.15) is 5.56 Å². The van der Waals surface area contributed by atoms with Crippen LogP contribution in [0.25, 0.3) is 10.9 Å². The van der Waals surface area contributed by atoms with E-state index in [1.807, 2.05) is 0 Å². The molecule has 0 aliphatic carbocycles. The van der Waals surface area contributed by atoms with Crippen molar-refractivity contribution in [1.29, 1.82) is 0 Å². The van der Waals surface area contributed by atoms with E-state index in [0.717, 1.165) is 12.3 Å². The summed E-state index contributed by atoms with van der Waals surface area (Å²) in [6, 6.07) is 2.99. The average Bonchev–Trinajstić information content (AvgIpc) is 2.59. The van der Waals surface area contributed by atoms with Gasteiger partial charge in [0.25, 0.3) is 0 Å². The third-order valence-corrected chi connectivity index (χ3v) is 3.49. The van der Waals surface area contributed by atoms with Crippen LogP contribution >= 0.6 is 0 Å². The Morgan fingerprint density at radius 2 is 1.88 bits per heavy atom. The number of halogens is 3. The van der Waals surface area contributed by atoms with E-state index in [9.17, 15) is 21.6 Å². The maximum absolute atomic E-state index is 12.6. The second-order valence-electron chi connectivity index (χ2n) is 3.68. The lowest BCUT2D eigenvalue weighted by atomic mass is 10.1. The average molecular weight is 263 g/mol. The molecule has 0 amide bonds. The van der Waals surface area contributed by atoms with Gasteiger partial charge in [0.05, 0.1) is 10.5 Å². The molecule has 0 saturated heterocycles. The third-order valence-electron chi connectivity index (χ3n) is 2.36. The van der Waals surface area contributed by atoms with Crippen LogP contribution in [-0.2, 0) is 16.0 Å². The summed E-state index contributed by atoms with van der Waals surface area (Å²) >= 11 is 0. The summed E-state index contributed by atoms with van der Waals surface area (Å²) in [7, 11) is -3.70. The molecule has 92 valence electrons. The Hall–Kier alpha value is -1.50. The Morgan fingerprint density at radius 1 is 1.24 bits per heavy atom. The molecule has 7 heteroatoms. The van der Waals surface area contributed by atoms with Crippen LogP contribution in [0.5, 0.6) is 0 Å². The molecule has 1 heterocycles. The summed E-state index contributed by atoms with van der Waals surface area (Å²) in [6.07, 6.45) is -2.28. The molecule has 0 unspecified atom stereocenters. The number of fused-ring (bicyclic) bond motifs is 1. The molecule has 0 radical (unpaired) electrons. The van der Waals surface area contributed by atoms with Crippen LogP contribution < -0.4 is 0 Å². The highest BCUT2D eigenvalue weighted by Crippen LogP contribution is 2.34. The lowest BCUT2D eigenvalue weighted by Gasteiger charge is -2.09. The maximum atomic E-state index is 12.6. The predicted molar refractivity (Wildman–Crippen MR) is 56.4 cm³/mol. The third kappa shape index (κ3) is 2.14. The van der Waals surface area contributed by atoms with Crippen LogP contribution in [0.15, 0.2) is 29.3 Å². The second-order valence-corrected chi connectivity index (χ2v) is 5.67. The van der Waals surface area contributed by atoms with Crippen LogP contribution in [-0.4, -0.2) is 19.7 Å². The molecule has 0 bridgehead atoms. The van der Waals surface area contributed by atoms with Crippen molar-refractivity contribution < 1.29 is 21.6 Å². The van der Waals surface area contributed by atoms with E-state index in [4.69, 9.17) is 0 Å². The smallest absolute Gasteiger partial charge is 0.361 e. The first-order valence-corrected chi connectivity index (χ1v) is 6.47. The summed E-state index contributed by atoms with van der Waals surface area (Å²) < 4.78 is 60.6. The Labute approximate surface area is 95.2 Å². The number of rotatable bonds is 1. The van der Waals surface area contributed by atoms with Gasteiger partial charge in [-0.2, -0.15) is 13.2 Å². The van der Waals surface area contributed by atoms with Crippen molar-refractivity contribution in [2.24, 2.45) is 0 Å². The van der Waals surface area contributed by atoms with Gasteiger partial charge in [-0.3, -0.25) is 0 Å². The van der Waals surface area contributed by atoms with E-state index < -0.39 is 21.6 Å². The van der Waals surface area contributed by atoms with E-state index >= 15 is 0 Å². The lowest BCUT2D eigenvalue weighted by molar-refractivity contribution is -0.137. The Bertz CT molecular complexity index is 670. The first kappa shape index (κ1) is 12.0. The normalized spacial score (nSPS) is 13.2. The zero-order valence-corrected chi connectivity index (χ0v) is 9.48. The fourth-order valence-corrected chi connectivity index (χ4v) is 2.52. The van der Waals surface area contributed by atoms with Crippen LogP contribution in [0, 0.1) is 0 Å². The predicted octanol–water partition coefficient (Wildman–Crippen LogP) is 2.59. The summed E-state index contributed by atoms with van der Waals surface area (Å²) in [5, 5.41) is 0.264. The van der Waals surface area contributed by atoms with Gasteiger partial charge in [-0.05, 0) is 18.2 Å². The van der Waals surface area contributed by atoms with E-state index in [0.29, 0.717) is 6.07 Å². The second kappa shape index (κ2) is 3.49. The van der Waals surface area contributed by atoms with Gasteiger partial charge in [0, 0.05) is 23.4 Å². The molecule has 3 nitrogen and oxygen atoms in total. The van der Waals surface area contributed by atoms with Gasteiger partial charge in [0.15, 0.2) is 9.84 Å². The number of benzene rings is 1. The van der Waals surface area contributed by atoms with Crippen molar-refractivity contribution >= 4 is 20.7 Å². The fourth-order valence-electron chi connectivity index (χ4n) is 1.60. The molecule has 2 rings (SSSR count). The number of alkyl halides is 3. The van der Waals surface area contributed by atoms with Crippen molar-refractivity contribution in [3.8, 4) is 0 Å². The van der Waals surface area contributed by atoms with Crippen LogP contribution in [0.3, 0.4) is 0 Å². The molecule has 1 aromatic heterocycles. The molecule has 1 aromatic carbocycles. The highest BCUT2D eigenvalue weighted by Gasteiger charge is 2.32. The standard InChI is InChI=1S/C10H8F3NO2S/c1-17(15,16)9-5-6(10(11,12)13)4-8-7(9)2-3-14-8/h2-5,14H,1H3. The Morgan fingerprint density at radius 3 is 2.41 bits per heavy atom. The van der Waals surface area contributed by atoms with E-state index in [1.54, 1.807) is 0 Å². The van der Waals surface area contributed by atoms with Crippen LogP contribution in [0.4, 0.5) is 13.2 Å². The van der Waals surface area contributed by atoms with E-state index in [2.05, 4.69) is 4.98 Å². The van der Waals surface area contributed by atoms with E-state index in [-0.39, 0.29) is 15.8 Å². The SMILES string of the molecule is CS(=O)(=O)c1cc(C(F)(F)F)cc2[nH]ccc12. The van der Waals surface area contributed by atoms with Crippen LogP contribution in [0.2, 0.25) is 0 Å². The van der Waals surface area contributed by atoms with Crippen molar-refractivity contribution in [2.75, 3.05) is 6.26 Å². The van der Waals surface area contributed by atoms with Crippen molar-refractivity contribution in [2.45, 2.75) is 11.1 Å². The number of nitrogens with one attached hydrogen (secondary N) is 1. The van der Waals surface area contributed by atoms with Gasteiger partial charge >= 0.3 is 6.18 Å². The fraction of sp³-hybridized carbons (Fsp3) is 0.200. The zero-order valence-electron chi connectivity index (χ0n) is 8.67. The number of aromatic amines is 1. The molecule has 0 saturated carbocycles. The van der Waals surface area contributed by atoms with Crippen molar-refractivity contribution in [3.05, 3.63) is 30.0 Å². The van der Waals surface area contributed by atoms with Crippen molar-refractivity contribution in [1.82, 2.24) is 4.98 Å². The number of aromatic nitrogens is 1. The van der Waals surface area contributed by atoms with Gasteiger partial charge in [0.1, 0.15) is 0 Å². The highest BCUT2D eigenvalue weighted by atomic mass is 32.2. The van der Waals surface area contributed by atoms with Gasteiger partial charge in [-0.15, -0.1) is 0 Å². The van der Waals surface area contributed by atoms with Gasteiger partial charge < -0.3 is 4.98 Å². The summed E-state index contributed by atoms with van der Waals surface area (Å²) in [5.74, 6) is 0.